The number of rotatable bonds is 8. The molecule has 4 aromatic rings. The summed E-state index contributed by atoms with van der Waals surface area (Å²) >= 11 is 0. The third kappa shape index (κ3) is 15.0. The lowest BCUT2D eigenvalue weighted by Gasteiger charge is -2.26. The number of aromatic hydroxyl groups is 2. The zero-order valence-electron chi connectivity index (χ0n) is 28.6. The van der Waals surface area contributed by atoms with Crippen molar-refractivity contribution in [3.05, 3.63) is 118 Å². The van der Waals surface area contributed by atoms with Crippen LogP contribution in [0.4, 0.5) is 0 Å². The summed E-state index contributed by atoms with van der Waals surface area (Å²) in [5.74, 6) is 0.658. The molecule has 272 valence electrons. The third-order valence-electron chi connectivity index (χ3n) is 8.71. The van der Waals surface area contributed by atoms with E-state index in [0.717, 1.165) is 74.6 Å². The molecule has 49 heavy (non-hydrogen) atoms. The van der Waals surface area contributed by atoms with Crippen molar-refractivity contribution >= 4 is 49.6 Å². The van der Waals surface area contributed by atoms with E-state index < -0.39 is 0 Å². The van der Waals surface area contributed by atoms with Crippen molar-refractivity contribution in [3.8, 4) is 11.5 Å². The Balaban J connectivity index is 0.000000853. The van der Waals surface area contributed by atoms with E-state index in [1.54, 1.807) is 0 Å². The highest BCUT2D eigenvalue weighted by Crippen LogP contribution is 2.23. The van der Waals surface area contributed by atoms with Crippen LogP contribution in [-0.2, 0) is 25.9 Å². The Hall–Kier alpha value is -2.62. The number of piperidine rings is 2. The SMILES string of the molecule is Cc1ccc(Cc2cnc(CN3CCCCC3)c(O)c2)cc1.Cc1ccc(Cc2cnc(CN3CCCCC3)c(O)c2)cc1.Cl.Cl.Cl.Cl.O. The molecule has 2 aliphatic heterocycles. The van der Waals surface area contributed by atoms with Crippen molar-refractivity contribution < 1.29 is 15.7 Å². The summed E-state index contributed by atoms with van der Waals surface area (Å²) in [5, 5.41) is 20.5. The van der Waals surface area contributed by atoms with Gasteiger partial charge >= 0.3 is 0 Å². The Morgan fingerprint density at radius 1 is 0.510 bits per heavy atom. The molecule has 2 aromatic carbocycles. The molecule has 6 rings (SSSR count). The van der Waals surface area contributed by atoms with Crippen LogP contribution in [0, 0.1) is 13.8 Å². The van der Waals surface area contributed by atoms with Crippen LogP contribution >= 0.6 is 49.6 Å². The van der Waals surface area contributed by atoms with Crippen LogP contribution < -0.4 is 0 Å². The van der Waals surface area contributed by atoms with Crippen molar-refractivity contribution in [2.75, 3.05) is 26.2 Å². The van der Waals surface area contributed by atoms with E-state index in [9.17, 15) is 10.2 Å². The summed E-state index contributed by atoms with van der Waals surface area (Å²) < 4.78 is 0. The monoisotopic (exact) mass is 754 g/mol. The number of nitrogens with zero attached hydrogens (tertiary/aromatic N) is 4. The molecule has 0 unspecified atom stereocenters. The van der Waals surface area contributed by atoms with E-state index in [-0.39, 0.29) is 55.1 Å². The third-order valence-corrected chi connectivity index (χ3v) is 8.71. The van der Waals surface area contributed by atoms with Gasteiger partial charge in [-0.25, -0.2) is 0 Å². The molecule has 0 aliphatic carbocycles. The molecule has 2 aromatic heterocycles. The van der Waals surface area contributed by atoms with Gasteiger partial charge in [-0.1, -0.05) is 72.5 Å². The van der Waals surface area contributed by atoms with E-state index in [1.807, 2.05) is 24.5 Å². The van der Waals surface area contributed by atoms with E-state index in [4.69, 9.17) is 0 Å². The summed E-state index contributed by atoms with van der Waals surface area (Å²) in [6.45, 7) is 10.2. The smallest absolute Gasteiger partial charge is 0.138 e. The van der Waals surface area contributed by atoms with Crippen molar-refractivity contribution in [2.45, 2.75) is 78.3 Å². The molecule has 0 spiro atoms. The highest BCUT2D eigenvalue weighted by molar-refractivity contribution is 5.86. The van der Waals surface area contributed by atoms with E-state index >= 15 is 0 Å². The summed E-state index contributed by atoms with van der Waals surface area (Å²) in [7, 11) is 0. The van der Waals surface area contributed by atoms with Crippen LogP contribution in [0.3, 0.4) is 0 Å². The molecule has 2 fully saturated rings. The fraction of sp³-hybridized carbons (Fsp3) is 0.421. The summed E-state index contributed by atoms with van der Waals surface area (Å²) in [6, 6.07) is 20.7. The largest absolute Gasteiger partial charge is 0.506 e. The summed E-state index contributed by atoms with van der Waals surface area (Å²) in [4.78, 5) is 13.7. The van der Waals surface area contributed by atoms with Crippen LogP contribution in [0.15, 0.2) is 73.1 Å². The first-order valence-corrected chi connectivity index (χ1v) is 16.3. The number of pyridine rings is 2. The minimum absolute atomic E-state index is 0. The fourth-order valence-electron chi connectivity index (χ4n) is 6.03. The minimum atomic E-state index is 0. The van der Waals surface area contributed by atoms with Crippen LogP contribution in [-0.4, -0.2) is 61.6 Å². The van der Waals surface area contributed by atoms with Gasteiger partial charge in [-0.3, -0.25) is 19.8 Å². The maximum absolute atomic E-state index is 10.3. The number of likely N-dealkylation sites (tertiary alicyclic amines) is 2. The number of aromatic nitrogens is 2. The molecule has 2 aliphatic rings. The van der Waals surface area contributed by atoms with Crippen molar-refractivity contribution in [2.24, 2.45) is 0 Å². The van der Waals surface area contributed by atoms with Gasteiger partial charge in [0.25, 0.3) is 0 Å². The van der Waals surface area contributed by atoms with Gasteiger partial charge in [0, 0.05) is 25.5 Å². The second-order valence-corrected chi connectivity index (χ2v) is 12.6. The van der Waals surface area contributed by atoms with E-state index in [0.29, 0.717) is 11.5 Å². The molecule has 0 saturated carbocycles. The molecular weight excluding hydrogens is 702 g/mol. The summed E-state index contributed by atoms with van der Waals surface area (Å²) in [5.41, 5.74) is 8.74. The van der Waals surface area contributed by atoms with E-state index in [2.05, 4.69) is 82.1 Å². The van der Waals surface area contributed by atoms with Crippen molar-refractivity contribution in [3.63, 3.8) is 0 Å². The molecule has 2 saturated heterocycles. The molecule has 11 heteroatoms. The minimum Gasteiger partial charge on any atom is -0.506 e. The maximum atomic E-state index is 10.3. The van der Waals surface area contributed by atoms with Crippen molar-refractivity contribution in [1.82, 2.24) is 19.8 Å². The molecule has 0 bridgehead atoms. The quantitative estimate of drug-likeness (QED) is 0.188. The van der Waals surface area contributed by atoms with Gasteiger partial charge in [-0.15, -0.1) is 49.6 Å². The highest BCUT2D eigenvalue weighted by Gasteiger charge is 2.15. The number of hydrogen-bond acceptors (Lipinski definition) is 6. The second-order valence-electron chi connectivity index (χ2n) is 12.6. The average Bonchev–Trinajstić information content (AvgIpc) is 3.03. The van der Waals surface area contributed by atoms with Crippen LogP contribution in [0.2, 0.25) is 0 Å². The number of halogens is 4. The van der Waals surface area contributed by atoms with Gasteiger partial charge in [0.15, 0.2) is 0 Å². The number of aryl methyl sites for hydroxylation is 2. The maximum Gasteiger partial charge on any atom is 0.138 e. The Morgan fingerprint density at radius 3 is 1.14 bits per heavy atom. The van der Waals surface area contributed by atoms with Gasteiger partial charge in [-0.05, 0) is 113 Å². The van der Waals surface area contributed by atoms with Crippen LogP contribution in [0.5, 0.6) is 11.5 Å². The highest BCUT2D eigenvalue weighted by atomic mass is 35.5. The predicted molar refractivity (Wildman–Crippen MR) is 211 cm³/mol. The van der Waals surface area contributed by atoms with Gasteiger partial charge in [-0.2, -0.15) is 0 Å². The lowest BCUT2D eigenvalue weighted by Crippen LogP contribution is -2.29. The second kappa shape index (κ2) is 23.7. The molecular formula is C38H54Cl4N4O3. The molecule has 0 amide bonds. The first-order chi connectivity index (χ1) is 21.4. The lowest BCUT2D eigenvalue weighted by molar-refractivity contribution is 0.216. The zero-order valence-corrected chi connectivity index (χ0v) is 31.9. The standard InChI is InChI=1S/2C19H24N2O.4ClH.H2O/c2*1-15-5-7-16(8-6-15)11-17-12-19(22)18(20-13-17)14-21-9-3-2-4-10-21;;;;;/h2*5-8,12-13,22H,2-4,9-11,14H2,1H3;4*1H;1H2. The van der Waals surface area contributed by atoms with E-state index in [1.165, 1.54) is 60.8 Å². The fourth-order valence-corrected chi connectivity index (χ4v) is 6.03. The lowest BCUT2D eigenvalue weighted by atomic mass is 10.0. The topological polar surface area (TPSA) is 104 Å². The first kappa shape index (κ1) is 46.4. The Labute approximate surface area is 317 Å². The average molecular weight is 757 g/mol. The predicted octanol–water partition coefficient (Wildman–Crippen LogP) is 8.21. The van der Waals surface area contributed by atoms with Gasteiger partial charge in [0.05, 0.1) is 11.4 Å². The summed E-state index contributed by atoms with van der Waals surface area (Å²) in [6.07, 6.45) is 13.1. The first-order valence-electron chi connectivity index (χ1n) is 16.3. The molecule has 4 heterocycles. The zero-order chi connectivity index (χ0) is 30.7. The molecule has 7 nitrogen and oxygen atoms in total. The van der Waals surface area contributed by atoms with Gasteiger partial charge in [0.2, 0.25) is 0 Å². The van der Waals surface area contributed by atoms with Gasteiger partial charge < -0.3 is 15.7 Å². The normalized spacial score (nSPS) is 14.2. The van der Waals surface area contributed by atoms with Crippen LogP contribution in [0.25, 0.3) is 0 Å². The Morgan fingerprint density at radius 2 is 0.837 bits per heavy atom. The Bertz CT molecular complexity index is 1370. The van der Waals surface area contributed by atoms with Gasteiger partial charge in [0.1, 0.15) is 11.5 Å². The number of benzene rings is 2. The van der Waals surface area contributed by atoms with Crippen LogP contribution in [0.1, 0.15) is 83.3 Å². The molecule has 0 atom stereocenters. The Kier molecular flexibility index (Phi) is 22.5. The molecule has 0 radical (unpaired) electrons. The molecule has 4 N–H and O–H groups in total. The van der Waals surface area contributed by atoms with Crippen molar-refractivity contribution in [1.29, 1.82) is 0 Å². The number of hydrogen-bond donors (Lipinski definition) is 2.